The lowest BCUT2D eigenvalue weighted by atomic mass is 10.1. The Morgan fingerprint density at radius 3 is 2.68 bits per heavy atom. The minimum Gasteiger partial charge on any atom is -1.00 e. The Morgan fingerprint density at radius 1 is 1.36 bits per heavy atom. The van der Waals surface area contributed by atoms with Crippen LogP contribution in [-0.2, 0) is 6.54 Å². The van der Waals surface area contributed by atoms with Gasteiger partial charge in [0.15, 0.2) is 11.6 Å². The maximum atomic E-state index is 10.1. The summed E-state index contributed by atoms with van der Waals surface area (Å²) < 4.78 is 1.90. The summed E-state index contributed by atoms with van der Waals surface area (Å²) in [7, 11) is 3.89. The van der Waals surface area contributed by atoms with E-state index in [0.717, 1.165) is 21.3 Å². The van der Waals surface area contributed by atoms with Crippen LogP contribution in [0.3, 0.4) is 0 Å². The number of halogens is 1. The van der Waals surface area contributed by atoms with Gasteiger partial charge in [-0.15, -0.1) is 0 Å². The first kappa shape index (κ1) is 18.4. The number of anilines is 1. The Hall–Kier alpha value is -1.66. The molecule has 0 aliphatic carbocycles. The lowest BCUT2D eigenvalue weighted by Gasteiger charge is -2.13. The van der Waals surface area contributed by atoms with E-state index in [9.17, 15) is 5.11 Å². The average molecular weight is 382 g/mol. The monoisotopic (exact) mass is 381 g/mol. The summed E-state index contributed by atoms with van der Waals surface area (Å²) in [6, 6.07) is 5.65. The molecule has 0 aliphatic heterocycles. The third-order valence-corrected chi connectivity index (χ3v) is 3.94. The Balaban J connectivity index is 0.00000242. The van der Waals surface area contributed by atoms with Crippen molar-refractivity contribution in [1.82, 2.24) is 5.10 Å². The van der Waals surface area contributed by atoms with Crippen molar-refractivity contribution in [3.63, 3.8) is 0 Å². The molecule has 2 aromatic rings. The van der Waals surface area contributed by atoms with Crippen LogP contribution >= 0.6 is 11.3 Å². The molecule has 0 aliphatic rings. The lowest BCUT2D eigenvalue weighted by molar-refractivity contribution is -0.741. The second-order valence-electron chi connectivity index (χ2n) is 4.90. The molecular weight excluding hydrogens is 362 g/mol. The Bertz CT molecular complexity index is 680. The Labute approximate surface area is 145 Å². The first-order chi connectivity index (χ1) is 10.0. The molecule has 0 unspecified atom stereocenters. The molecule has 1 N–H and O–H groups in total. The van der Waals surface area contributed by atoms with Gasteiger partial charge < -0.3 is 27.0 Å². The van der Waals surface area contributed by atoms with Crippen LogP contribution in [0.1, 0.15) is 15.6 Å². The van der Waals surface area contributed by atoms with Crippen molar-refractivity contribution < 1.29 is 26.8 Å². The van der Waals surface area contributed by atoms with Gasteiger partial charge in [-0.25, -0.2) is 0 Å². The fourth-order valence-electron chi connectivity index (χ4n) is 1.93. The van der Waals surface area contributed by atoms with Crippen molar-refractivity contribution in [2.45, 2.75) is 13.5 Å². The zero-order chi connectivity index (χ0) is 15.4. The number of hydrogen-bond donors (Lipinski definition) is 1. The lowest BCUT2D eigenvalue weighted by Crippen LogP contribution is -3.00. The van der Waals surface area contributed by atoms with Crippen molar-refractivity contribution in [2.75, 3.05) is 19.0 Å². The quantitative estimate of drug-likeness (QED) is 0.579. The van der Waals surface area contributed by atoms with Crippen molar-refractivity contribution in [3.8, 4) is 5.75 Å². The molecule has 0 radical (unpaired) electrons. The van der Waals surface area contributed by atoms with Gasteiger partial charge in [0.1, 0.15) is 5.75 Å². The summed E-state index contributed by atoms with van der Waals surface area (Å²) in [6.45, 7) is 6.39. The molecule has 1 aromatic carbocycles. The van der Waals surface area contributed by atoms with Gasteiger partial charge in [0, 0.05) is 42.6 Å². The molecule has 118 valence electrons. The fourth-order valence-corrected chi connectivity index (χ4v) is 2.73. The standard InChI is InChI=1S/C16H19N3OS.BrH/c1-5-10-19-16(21-12(2)17-19)9-7-13-6-8-14(18(3)4)11-15(13)20;/h5-9,11H,1,10H2,2-4H3;1H. The molecule has 0 amide bonds. The zero-order valence-electron chi connectivity index (χ0n) is 13.0. The van der Waals surface area contributed by atoms with Gasteiger partial charge in [0.25, 0.3) is 5.01 Å². The summed E-state index contributed by atoms with van der Waals surface area (Å²) in [6.07, 6.45) is 5.69. The van der Waals surface area contributed by atoms with Crippen LogP contribution in [0.5, 0.6) is 5.75 Å². The summed E-state index contributed by atoms with van der Waals surface area (Å²) in [4.78, 5) is 1.96. The smallest absolute Gasteiger partial charge is 0.289 e. The second-order valence-corrected chi connectivity index (χ2v) is 6.11. The summed E-state index contributed by atoms with van der Waals surface area (Å²) in [5.74, 6) is 0.272. The van der Waals surface area contributed by atoms with Crippen molar-refractivity contribution in [3.05, 3.63) is 46.4 Å². The van der Waals surface area contributed by atoms with E-state index in [-0.39, 0.29) is 22.7 Å². The normalized spacial score (nSPS) is 10.5. The van der Waals surface area contributed by atoms with Gasteiger partial charge in [-0.1, -0.05) is 11.3 Å². The van der Waals surface area contributed by atoms with Gasteiger partial charge in [0.05, 0.1) is 0 Å². The molecule has 1 aromatic heterocycles. The minimum absolute atomic E-state index is 0. The SMILES string of the molecule is C=CC[n+]1nc(C)sc1/C=C/c1ccc(N(C)C)cc1O.[Br-]. The predicted octanol–water partition coefficient (Wildman–Crippen LogP) is -0.129. The van der Waals surface area contributed by atoms with Crippen molar-refractivity contribution in [2.24, 2.45) is 0 Å². The maximum Gasteiger partial charge on any atom is 0.289 e. The number of benzene rings is 1. The van der Waals surface area contributed by atoms with E-state index in [2.05, 4.69) is 11.7 Å². The number of aromatic nitrogens is 2. The van der Waals surface area contributed by atoms with Crippen LogP contribution in [-0.4, -0.2) is 24.3 Å². The van der Waals surface area contributed by atoms with Gasteiger partial charge in [0.2, 0.25) is 0 Å². The molecule has 0 fully saturated rings. The summed E-state index contributed by atoms with van der Waals surface area (Å²) in [5, 5.41) is 16.5. The highest BCUT2D eigenvalue weighted by Gasteiger charge is 2.13. The number of nitrogens with zero attached hydrogens (tertiary/aromatic N) is 3. The largest absolute Gasteiger partial charge is 1.00 e. The second kappa shape index (κ2) is 8.10. The highest BCUT2D eigenvalue weighted by molar-refractivity contribution is 7.11. The third kappa shape index (κ3) is 4.42. The first-order valence-electron chi connectivity index (χ1n) is 6.68. The summed E-state index contributed by atoms with van der Waals surface area (Å²) >= 11 is 1.61. The van der Waals surface area contributed by atoms with E-state index < -0.39 is 0 Å². The van der Waals surface area contributed by atoms with Crippen LogP contribution in [0.2, 0.25) is 0 Å². The van der Waals surface area contributed by atoms with Crippen molar-refractivity contribution in [1.29, 1.82) is 0 Å². The maximum absolute atomic E-state index is 10.1. The van der Waals surface area contributed by atoms with E-state index in [0.29, 0.717) is 6.54 Å². The van der Waals surface area contributed by atoms with Crippen LogP contribution in [0, 0.1) is 6.92 Å². The van der Waals surface area contributed by atoms with Crippen LogP contribution in [0.4, 0.5) is 5.69 Å². The average Bonchev–Trinajstić information content (AvgIpc) is 2.78. The predicted molar refractivity (Wildman–Crippen MR) is 88.6 cm³/mol. The number of hydrogen-bond acceptors (Lipinski definition) is 4. The molecule has 1 heterocycles. The molecule has 2 rings (SSSR count). The molecule has 0 spiro atoms. The molecule has 6 heteroatoms. The van der Waals surface area contributed by atoms with Gasteiger partial charge >= 0.3 is 0 Å². The van der Waals surface area contributed by atoms with Crippen LogP contribution in [0.15, 0.2) is 30.9 Å². The molecule has 0 saturated carbocycles. The van der Waals surface area contributed by atoms with Gasteiger partial charge in [-0.3, -0.25) is 0 Å². The fraction of sp³-hybridized carbons (Fsp3) is 0.250. The minimum atomic E-state index is 0. The summed E-state index contributed by atoms with van der Waals surface area (Å²) in [5.41, 5.74) is 1.76. The first-order valence-corrected chi connectivity index (χ1v) is 7.50. The van der Waals surface area contributed by atoms with Crippen molar-refractivity contribution >= 4 is 29.2 Å². The van der Waals surface area contributed by atoms with E-state index >= 15 is 0 Å². The molecule has 22 heavy (non-hydrogen) atoms. The molecular formula is C16H20BrN3OS. The Kier molecular flexibility index (Phi) is 6.77. The molecule has 0 saturated heterocycles. The highest BCUT2D eigenvalue weighted by Crippen LogP contribution is 2.25. The van der Waals surface area contributed by atoms with E-state index in [1.165, 1.54) is 0 Å². The number of phenols is 1. The number of phenolic OH excluding ortho intramolecular Hbond substituents is 1. The van der Waals surface area contributed by atoms with Crippen LogP contribution in [0.25, 0.3) is 12.2 Å². The van der Waals surface area contributed by atoms with Gasteiger partial charge in [-0.2, -0.15) is 0 Å². The number of aryl methyl sites for hydroxylation is 1. The van der Waals surface area contributed by atoms with E-state index in [4.69, 9.17) is 0 Å². The zero-order valence-corrected chi connectivity index (χ0v) is 15.4. The Morgan fingerprint density at radius 2 is 2.09 bits per heavy atom. The molecule has 4 nitrogen and oxygen atoms in total. The van der Waals surface area contributed by atoms with E-state index in [1.54, 1.807) is 17.4 Å². The highest BCUT2D eigenvalue weighted by atomic mass is 79.9. The number of allylic oxidation sites excluding steroid dienone is 1. The van der Waals surface area contributed by atoms with Gasteiger partial charge in [-0.05, 0) is 42.5 Å². The van der Waals surface area contributed by atoms with E-state index in [1.807, 2.05) is 61.0 Å². The van der Waals surface area contributed by atoms with Crippen LogP contribution < -0.4 is 26.6 Å². The topological polar surface area (TPSA) is 40.2 Å². The number of aromatic hydroxyl groups is 1. The number of rotatable bonds is 5. The third-order valence-electron chi connectivity index (χ3n) is 3.01. The molecule has 0 bridgehead atoms. The molecule has 0 atom stereocenters.